The summed E-state index contributed by atoms with van der Waals surface area (Å²) in [5.41, 5.74) is -0.117. The number of nitrogens with one attached hydrogen (secondary N) is 2. The lowest BCUT2D eigenvalue weighted by atomic mass is 10.3. The van der Waals surface area contributed by atoms with Crippen LogP contribution >= 0.6 is 23.2 Å². The van der Waals surface area contributed by atoms with Gasteiger partial charge in [-0.15, -0.1) is 0 Å². The molecule has 0 spiro atoms. The van der Waals surface area contributed by atoms with Crippen LogP contribution in [0.15, 0.2) is 24.3 Å². The van der Waals surface area contributed by atoms with E-state index >= 15 is 0 Å². The summed E-state index contributed by atoms with van der Waals surface area (Å²) in [6, 6.07) is 4.83. The van der Waals surface area contributed by atoms with Crippen LogP contribution in [0.25, 0.3) is 0 Å². The molecule has 1 aromatic carbocycles. The van der Waals surface area contributed by atoms with E-state index in [1.807, 2.05) is 0 Å². The molecular weight excluding hydrogens is 322 g/mol. The topological polar surface area (TPSA) is 80.1 Å². The van der Waals surface area contributed by atoms with Crippen LogP contribution in [0.2, 0.25) is 10.0 Å². The number of pyridine rings is 1. The molecule has 0 amide bonds. The number of nitrogens with zero attached hydrogens (tertiary/aromatic N) is 2. The van der Waals surface area contributed by atoms with E-state index in [0.717, 1.165) is 12.1 Å². The van der Waals surface area contributed by atoms with E-state index in [2.05, 4.69) is 15.6 Å². The molecule has 0 aliphatic carbocycles. The lowest BCUT2D eigenvalue weighted by Gasteiger charge is -2.11. The van der Waals surface area contributed by atoms with Crippen LogP contribution in [0, 0.1) is 15.9 Å². The number of benzene rings is 1. The summed E-state index contributed by atoms with van der Waals surface area (Å²) >= 11 is 11.8. The Kier molecular flexibility index (Phi) is 4.44. The molecule has 0 aliphatic rings. The van der Waals surface area contributed by atoms with E-state index in [1.165, 1.54) is 12.1 Å². The van der Waals surface area contributed by atoms with E-state index in [4.69, 9.17) is 23.2 Å². The second kappa shape index (κ2) is 6.11. The quantitative estimate of drug-likeness (QED) is 0.648. The maximum absolute atomic E-state index is 13.1. The maximum atomic E-state index is 13.1. The van der Waals surface area contributed by atoms with Gasteiger partial charge in [0.05, 0.1) is 20.7 Å². The molecule has 0 atom stereocenters. The zero-order chi connectivity index (χ0) is 15.6. The van der Waals surface area contributed by atoms with E-state index in [1.54, 1.807) is 7.05 Å². The van der Waals surface area contributed by atoms with Crippen molar-refractivity contribution in [3.8, 4) is 0 Å². The number of halogens is 3. The maximum Gasteiger partial charge on any atom is 0.311 e. The molecule has 110 valence electrons. The molecule has 2 aromatic rings. The lowest BCUT2D eigenvalue weighted by Crippen LogP contribution is -2.03. The highest BCUT2D eigenvalue weighted by atomic mass is 35.5. The minimum Gasteiger partial charge on any atom is -0.373 e. The molecule has 0 saturated carbocycles. The molecule has 1 aromatic heterocycles. The number of aromatic nitrogens is 1. The summed E-state index contributed by atoms with van der Waals surface area (Å²) in [6.45, 7) is 0. The Hall–Kier alpha value is -2.12. The van der Waals surface area contributed by atoms with Gasteiger partial charge < -0.3 is 10.6 Å². The fourth-order valence-corrected chi connectivity index (χ4v) is 2.17. The minimum absolute atomic E-state index is 0.00837. The molecule has 0 fully saturated rings. The van der Waals surface area contributed by atoms with Gasteiger partial charge in [0.2, 0.25) is 5.82 Å². The summed E-state index contributed by atoms with van der Waals surface area (Å²) in [6.07, 6.45) is 0. The summed E-state index contributed by atoms with van der Waals surface area (Å²) in [7, 11) is 1.62. The van der Waals surface area contributed by atoms with Crippen LogP contribution in [-0.2, 0) is 0 Å². The smallest absolute Gasteiger partial charge is 0.311 e. The average Bonchev–Trinajstić information content (AvgIpc) is 2.42. The fraction of sp³-hybridized carbons (Fsp3) is 0.0833. The van der Waals surface area contributed by atoms with Crippen LogP contribution in [-0.4, -0.2) is 17.0 Å². The highest BCUT2D eigenvalue weighted by molar-refractivity contribution is 6.39. The first-order valence-corrected chi connectivity index (χ1v) is 6.42. The van der Waals surface area contributed by atoms with E-state index in [0.29, 0.717) is 5.82 Å². The highest BCUT2D eigenvalue weighted by Gasteiger charge is 2.18. The Bertz CT molecular complexity index is 689. The third-order valence-electron chi connectivity index (χ3n) is 2.58. The van der Waals surface area contributed by atoms with Gasteiger partial charge in [0.25, 0.3) is 0 Å². The molecule has 1 heterocycles. The Morgan fingerprint density at radius 3 is 2.43 bits per heavy atom. The zero-order valence-electron chi connectivity index (χ0n) is 10.7. The molecule has 0 aliphatic heterocycles. The van der Waals surface area contributed by atoms with Gasteiger partial charge in [0.15, 0.2) is 0 Å². The first kappa shape index (κ1) is 15.3. The highest BCUT2D eigenvalue weighted by Crippen LogP contribution is 2.36. The van der Waals surface area contributed by atoms with Crippen LogP contribution in [0.3, 0.4) is 0 Å². The first-order chi connectivity index (χ1) is 9.92. The van der Waals surface area contributed by atoms with Gasteiger partial charge in [-0.2, -0.15) is 0 Å². The van der Waals surface area contributed by atoms with Crippen molar-refractivity contribution in [3.63, 3.8) is 0 Å². The number of hydrogen-bond acceptors (Lipinski definition) is 5. The van der Waals surface area contributed by atoms with E-state index < -0.39 is 10.7 Å². The number of hydrogen-bond donors (Lipinski definition) is 2. The Morgan fingerprint density at radius 1 is 1.29 bits per heavy atom. The SMILES string of the molecule is CNc1ccc([N+](=O)[O-])c(Nc2c(Cl)cc(F)cc2Cl)n1. The average molecular weight is 331 g/mol. The van der Waals surface area contributed by atoms with Gasteiger partial charge in [-0.25, -0.2) is 9.37 Å². The van der Waals surface area contributed by atoms with E-state index in [-0.39, 0.29) is 27.2 Å². The monoisotopic (exact) mass is 330 g/mol. The minimum atomic E-state index is -0.609. The van der Waals surface area contributed by atoms with E-state index in [9.17, 15) is 14.5 Å². The van der Waals surface area contributed by atoms with Crippen LogP contribution in [0.1, 0.15) is 0 Å². The molecule has 21 heavy (non-hydrogen) atoms. The van der Waals surface area contributed by atoms with Crippen molar-refractivity contribution in [2.75, 3.05) is 17.7 Å². The predicted octanol–water partition coefficient (Wildman–Crippen LogP) is 4.22. The van der Waals surface area contributed by atoms with Crippen molar-refractivity contribution in [2.24, 2.45) is 0 Å². The molecule has 0 radical (unpaired) electrons. The Labute approximate surface area is 129 Å². The van der Waals surface area contributed by atoms with Crippen molar-refractivity contribution in [3.05, 3.63) is 50.2 Å². The van der Waals surface area contributed by atoms with Crippen LogP contribution in [0.5, 0.6) is 0 Å². The van der Waals surface area contributed by atoms with Gasteiger partial charge in [0.1, 0.15) is 11.6 Å². The Balaban J connectivity index is 2.50. The summed E-state index contributed by atoms with van der Waals surface area (Å²) < 4.78 is 13.1. The summed E-state index contributed by atoms with van der Waals surface area (Å²) in [5, 5.41) is 16.4. The van der Waals surface area contributed by atoms with Crippen molar-refractivity contribution in [2.45, 2.75) is 0 Å². The first-order valence-electron chi connectivity index (χ1n) is 5.67. The third-order valence-corrected chi connectivity index (χ3v) is 3.17. The fourth-order valence-electron chi connectivity index (χ4n) is 1.61. The van der Waals surface area contributed by atoms with Crippen molar-refractivity contribution in [1.29, 1.82) is 0 Å². The second-order valence-corrected chi connectivity index (χ2v) is 4.76. The van der Waals surface area contributed by atoms with Gasteiger partial charge in [-0.3, -0.25) is 10.1 Å². The molecule has 2 rings (SSSR count). The molecule has 0 unspecified atom stereocenters. The molecule has 0 bridgehead atoms. The summed E-state index contributed by atoms with van der Waals surface area (Å²) in [5.74, 6) is -0.248. The molecule has 9 heteroatoms. The molecule has 0 saturated heterocycles. The van der Waals surface area contributed by atoms with Crippen molar-refractivity contribution in [1.82, 2.24) is 4.98 Å². The molecule has 2 N–H and O–H groups in total. The number of rotatable bonds is 4. The van der Waals surface area contributed by atoms with Crippen LogP contribution in [0.4, 0.5) is 27.4 Å². The van der Waals surface area contributed by atoms with Gasteiger partial charge in [-0.05, 0) is 18.2 Å². The van der Waals surface area contributed by atoms with Crippen molar-refractivity contribution >= 4 is 46.2 Å². The van der Waals surface area contributed by atoms with Crippen molar-refractivity contribution < 1.29 is 9.31 Å². The largest absolute Gasteiger partial charge is 0.373 e. The standard InChI is InChI=1S/C12H9Cl2FN4O2/c1-16-10-3-2-9(19(20)21)12(17-10)18-11-7(13)4-6(15)5-8(11)14/h2-5H,1H3,(H2,16,17,18). The lowest BCUT2D eigenvalue weighted by molar-refractivity contribution is -0.384. The predicted molar refractivity (Wildman–Crippen MR) is 80.1 cm³/mol. The van der Waals surface area contributed by atoms with Crippen LogP contribution < -0.4 is 10.6 Å². The number of nitro groups is 1. The molecular formula is C12H9Cl2FN4O2. The van der Waals surface area contributed by atoms with Gasteiger partial charge >= 0.3 is 5.69 Å². The Morgan fingerprint density at radius 2 is 1.90 bits per heavy atom. The normalized spacial score (nSPS) is 10.3. The third kappa shape index (κ3) is 3.32. The molecule has 6 nitrogen and oxygen atoms in total. The number of anilines is 3. The second-order valence-electron chi connectivity index (χ2n) is 3.94. The van der Waals surface area contributed by atoms with Gasteiger partial charge in [-0.1, -0.05) is 23.2 Å². The zero-order valence-corrected chi connectivity index (χ0v) is 12.2. The van der Waals surface area contributed by atoms with Gasteiger partial charge in [0, 0.05) is 13.1 Å². The summed E-state index contributed by atoms with van der Waals surface area (Å²) in [4.78, 5) is 14.5.